The summed E-state index contributed by atoms with van der Waals surface area (Å²) in [7, 11) is 0. The lowest BCUT2D eigenvalue weighted by atomic mass is 9.85. The van der Waals surface area contributed by atoms with Crippen LogP contribution in [0.25, 0.3) is 22.3 Å². The number of nitrogens with zero attached hydrogens (tertiary/aromatic N) is 8. The fourth-order valence-corrected chi connectivity index (χ4v) is 6.43. The van der Waals surface area contributed by atoms with Crippen LogP contribution in [0, 0.1) is 13.8 Å². The van der Waals surface area contributed by atoms with Gasteiger partial charge in [0.1, 0.15) is 11.6 Å². The fraction of sp³-hybridized carbons (Fsp3) is 0.200. The van der Waals surface area contributed by atoms with Crippen molar-refractivity contribution in [1.29, 1.82) is 0 Å². The highest BCUT2D eigenvalue weighted by molar-refractivity contribution is 6.13. The number of carbonyl (C=O) groups excluding carboxylic acids is 2. The van der Waals surface area contributed by atoms with Crippen molar-refractivity contribution < 1.29 is 9.59 Å². The molecule has 0 spiro atoms. The third-order valence-electron chi connectivity index (χ3n) is 9.35. The zero-order valence-electron chi connectivity index (χ0n) is 28.8. The van der Waals surface area contributed by atoms with E-state index in [-0.39, 0.29) is 11.8 Å². The van der Waals surface area contributed by atoms with E-state index in [9.17, 15) is 9.59 Å². The number of fused-ring (bicyclic) bond motifs is 2. The minimum Gasteiger partial charge on any atom is -0.280 e. The molecule has 0 N–H and O–H groups in total. The van der Waals surface area contributed by atoms with E-state index in [1.807, 2.05) is 115 Å². The summed E-state index contributed by atoms with van der Waals surface area (Å²) in [5, 5.41) is 0. The summed E-state index contributed by atoms with van der Waals surface area (Å²) < 4.78 is 0. The van der Waals surface area contributed by atoms with Crippen molar-refractivity contribution in [2.24, 2.45) is 0 Å². The predicted molar refractivity (Wildman–Crippen MR) is 193 cm³/mol. The van der Waals surface area contributed by atoms with Gasteiger partial charge in [-0.1, -0.05) is 24.3 Å². The van der Waals surface area contributed by atoms with Crippen LogP contribution in [0.2, 0.25) is 0 Å². The third kappa shape index (κ3) is 5.58. The Labute approximate surface area is 291 Å². The van der Waals surface area contributed by atoms with Crippen LogP contribution in [0.5, 0.6) is 0 Å². The van der Waals surface area contributed by atoms with E-state index in [0.717, 1.165) is 67.8 Å². The normalized spacial score (nSPS) is 15.3. The number of benzene rings is 2. The van der Waals surface area contributed by atoms with Gasteiger partial charge < -0.3 is 0 Å². The summed E-state index contributed by atoms with van der Waals surface area (Å²) >= 11 is 0. The standard InChI is InChI=1S/2C20H18N4O/c1-13-22-11-15(12-23-13)14-4-5-17-18(10-14)24(19(25)20(17,2)3)16-6-8-21-9-7-16;1-13-22-10-15(11-23-13)14-6-7-17-18(9-14)24(19(25)20(17,2)3)16-5-4-8-21-12-16/h2*4-12H,1-3H3. The molecule has 0 aliphatic carbocycles. The Morgan fingerprint density at radius 2 is 0.960 bits per heavy atom. The average molecular weight is 661 g/mol. The van der Waals surface area contributed by atoms with Gasteiger partial charge in [0, 0.05) is 54.5 Å². The topological polar surface area (TPSA) is 118 Å². The number of amides is 2. The molecule has 0 saturated heterocycles. The Bertz CT molecular complexity index is 2060. The highest BCUT2D eigenvalue weighted by Gasteiger charge is 2.45. The predicted octanol–water partition coefficient (Wildman–Crippen LogP) is 7.61. The van der Waals surface area contributed by atoms with Gasteiger partial charge in [-0.2, -0.15) is 0 Å². The molecular weight excluding hydrogens is 624 g/mol. The number of pyridine rings is 2. The van der Waals surface area contributed by atoms with E-state index in [0.29, 0.717) is 0 Å². The van der Waals surface area contributed by atoms with Crippen molar-refractivity contribution in [3.05, 3.63) is 133 Å². The number of aryl methyl sites for hydroxylation is 2. The van der Waals surface area contributed by atoms with Crippen LogP contribution >= 0.6 is 0 Å². The summed E-state index contributed by atoms with van der Waals surface area (Å²) in [4.78, 5) is 54.9. The van der Waals surface area contributed by atoms with Crippen LogP contribution < -0.4 is 9.80 Å². The molecule has 10 nitrogen and oxygen atoms in total. The molecule has 0 fully saturated rings. The van der Waals surface area contributed by atoms with E-state index in [1.165, 1.54) is 0 Å². The first-order valence-electron chi connectivity index (χ1n) is 16.3. The Hall–Kier alpha value is -6.16. The Morgan fingerprint density at radius 3 is 1.40 bits per heavy atom. The monoisotopic (exact) mass is 660 g/mol. The smallest absolute Gasteiger partial charge is 0.241 e. The summed E-state index contributed by atoms with van der Waals surface area (Å²) in [6, 6.07) is 19.6. The van der Waals surface area contributed by atoms with Crippen LogP contribution in [-0.2, 0) is 20.4 Å². The molecule has 0 saturated carbocycles. The number of hydrogen-bond donors (Lipinski definition) is 0. The van der Waals surface area contributed by atoms with Crippen LogP contribution in [-0.4, -0.2) is 41.7 Å². The van der Waals surface area contributed by atoms with Crippen molar-refractivity contribution >= 4 is 34.6 Å². The second-order valence-electron chi connectivity index (χ2n) is 13.4. The molecule has 0 atom stereocenters. The minimum atomic E-state index is -0.576. The van der Waals surface area contributed by atoms with Crippen molar-refractivity contribution in [1.82, 2.24) is 29.9 Å². The van der Waals surface area contributed by atoms with E-state index >= 15 is 0 Å². The first kappa shape index (κ1) is 32.4. The first-order valence-corrected chi connectivity index (χ1v) is 16.3. The molecule has 248 valence electrons. The first-order chi connectivity index (χ1) is 24.0. The zero-order valence-corrected chi connectivity index (χ0v) is 28.8. The molecule has 6 aromatic rings. The third-order valence-corrected chi connectivity index (χ3v) is 9.35. The summed E-state index contributed by atoms with van der Waals surface area (Å²) in [6.07, 6.45) is 14.0. The molecule has 2 aromatic carbocycles. The highest BCUT2D eigenvalue weighted by atomic mass is 16.2. The lowest BCUT2D eigenvalue weighted by Gasteiger charge is -2.20. The quantitative estimate of drug-likeness (QED) is 0.190. The summed E-state index contributed by atoms with van der Waals surface area (Å²) in [5.74, 6) is 1.58. The van der Waals surface area contributed by atoms with E-state index in [4.69, 9.17) is 0 Å². The largest absolute Gasteiger partial charge is 0.280 e. The van der Waals surface area contributed by atoms with Crippen LogP contribution in [0.4, 0.5) is 22.7 Å². The molecule has 4 aromatic heterocycles. The van der Waals surface area contributed by atoms with Crippen molar-refractivity contribution in [2.75, 3.05) is 9.80 Å². The Kier molecular flexibility index (Phi) is 8.02. The summed E-state index contributed by atoms with van der Waals surface area (Å²) in [6.45, 7) is 11.6. The van der Waals surface area contributed by atoms with Crippen molar-refractivity contribution in [3.63, 3.8) is 0 Å². The SMILES string of the molecule is Cc1ncc(-c2ccc3c(c2)N(c2cccnc2)C(=O)C3(C)C)cn1.Cc1ncc(-c2ccc3c(c2)N(c2ccncc2)C(=O)C3(C)C)cn1. The second kappa shape index (κ2) is 12.4. The van der Waals surface area contributed by atoms with Crippen LogP contribution in [0.1, 0.15) is 50.5 Å². The van der Waals surface area contributed by atoms with Gasteiger partial charge >= 0.3 is 0 Å². The van der Waals surface area contributed by atoms with E-state index in [2.05, 4.69) is 29.9 Å². The molecule has 0 unspecified atom stereocenters. The minimum absolute atomic E-state index is 0.0489. The van der Waals surface area contributed by atoms with Crippen molar-refractivity contribution in [3.8, 4) is 22.3 Å². The summed E-state index contributed by atoms with van der Waals surface area (Å²) in [5.41, 5.74) is 8.11. The van der Waals surface area contributed by atoms with Crippen LogP contribution in [0.15, 0.2) is 110 Å². The average Bonchev–Trinajstić information content (AvgIpc) is 3.46. The number of rotatable bonds is 4. The van der Waals surface area contributed by atoms with Gasteiger partial charge in [0.15, 0.2) is 0 Å². The molecule has 2 aliphatic heterocycles. The lowest BCUT2D eigenvalue weighted by molar-refractivity contribution is -0.122. The molecule has 6 heterocycles. The maximum absolute atomic E-state index is 13.1. The molecule has 50 heavy (non-hydrogen) atoms. The zero-order chi connectivity index (χ0) is 35.2. The molecule has 8 rings (SSSR count). The van der Waals surface area contributed by atoms with Gasteiger partial charge in [0.2, 0.25) is 11.8 Å². The number of hydrogen-bond acceptors (Lipinski definition) is 8. The van der Waals surface area contributed by atoms with Gasteiger partial charge in [-0.15, -0.1) is 0 Å². The molecule has 0 radical (unpaired) electrons. The molecule has 2 aliphatic rings. The Balaban J connectivity index is 0.000000157. The fourth-order valence-electron chi connectivity index (χ4n) is 6.43. The van der Waals surface area contributed by atoms with Gasteiger partial charge in [-0.25, -0.2) is 19.9 Å². The highest BCUT2D eigenvalue weighted by Crippen LogP contribution is 2.48. The lowest BCUT2D eigenvalue weighted by Crippen LogP contribution is -2.33. The second-order valence-corrected chi connectivity index (χ2v) is 13.4. The molecule has 10 heteroatoms. The maximum Gasteiger partial charge on any atom is 0.241 e. The number of carbonyl (C=O) groups is 2. The number of aromatic nitrogens is 6. The van der Waals surface area contributed by atoms with Gasteiger partial charge in [0.25, 0.3) is 0 Å². The molecule has 0 bridgehead atoms. The maximum atomic E-state index is 13.1. The number of anilines is 4. The molecular formula is C40H36N8O2. The molecule has 2 amide bonds. The van der Waals surface area contributed by atoms with E-state index < -0.39 is 10.8 Å². The van der Waals surface area contributed by atoms with Crippen molar-refractivity contribution in [2.45, 2.75) is 52.4 Å². The van der Waals surface area contributed by atoms with Gasteiger partial charge in [-0.05, 0) is 100 Å². The van der Waals surface area contributed by atoms with E-state index in [1.54, 1.807) is 47.0 Å². The Morgan fingerprint density at radius 1 is 0.500 bits per heavy atom. The van der Waals surface area contributed by atoms with Gasteiger partial charge in [-0.3, -0.25) is 29.4 Å². The van der Waals surface area contributed by atoms with Crippen LogP contribution in [0.3, 0.4) is 0 Å². The van der Waals surface area contributed by atoms with Gasteiger partial charge in [0.05, 0.1) is 39.8 Å².